The Hall–Kier alpha value is -2.63. The highest BCUT2D eigenvalue weighted by Gasteiger charge is 2.48. The Bertz CT molecular complexity index is 831. The largest absolute Gasteiger partial charge is 0.325 e. The number of imide groups is 1. The predicted molar refractivity (Wildman–Crippen MR) is 110 cm³/mol. The molecule has 1 saturated heterocycles. The molecule has 1 aromatic rings. The molecule has 0 aromatic heterocycles. The number of carbonyl (C=O) groups excluding carboxylic acids is 3. The van der Waals surface area contributed by atoms with Crippen molar-refractivity contribution in [2.24, 2.45) is 0 Å². The lowest BCUT2D eigenvalue weighted by Gasteiger charge is -2.29. The molecule has 0 radical (unpaired) electrons. The maximum atomic E-state index is 13.1. The van der Waals surface area contributed by atoms with Crippen LogP contribution in [0.1, 0.15) is 57.4 Å². The first-order chi connectivity index (χ1) is 14.0. The Labute approximate surface area is 171 Å². The van der Waals surface area contributed by atoms with Gasteiger partial charge in [-0.3, -0.25) is 14.5 Å². The fourth-order valence-corrected chi connectivity index (χ4v) is 4.28. The molecule has 1 N–H and O–H groups in total. The van der Waals surface area contributed by atoms with Crippen LogP contribution in [0.2, 0.25) is 0 Å². The van der Waals surface area contributed by atoms with Gasteiger partial charge in [0.15, 0.2) is 0 Å². The molecule has 6 nitrogen and oxygen atoms in total. The molecular weight excluding hydrogens is 366 g/mol. The van der Waals surface area contributed by atoms with Gasteiger partial charge in [-0.1, -0.05) is 36.4 Å². The average Bonchev–Trinajstić information content (AvgIpc) is 3.53. The van der Waals surface area contributed by atoms with Crippen molar-refractivity contribution in [3.63, 3.8) is 0 Å². The normalized spacial score (nSPS) is 24.3. The highest BCUT2D eigenvalue weighted by atomic mass is 16.2. The Morgan fingerprint density at radius 1 is 1.21 bits per heavy atom. The molecule has 3 aliphatic rings. The third-order valence-corrected chi connectivity index (χ3v) is 6.15. The summed E-state index contributed by atoms with van der Waals surface area (Å²) < 4.78 is 0. The molecule has 6 heteroatoms. The van der Waals surface area contributed by atoms with E-state index in [1.807, 2.05) is 35.2 Å². The molecule has 2 aliphatic carbocycles. The van der Waals surface area contributed by atoms with Crippen LogP contribution in [0, 0.1) is 0 Å². The summed E-state index contributed by atoms with van der Waals surface area (Å²) in [5.74, 6) is -0.448. The molecule has 1 heterocycles. The van der Waals surface area contributed by atoms with Crippen molar-refractivity contribution in [1.29, 1.82) is 0 Å². The van der Waals surface area contributed by atoms with Gasteiger partial charge in [-0.15, -0.1) is 0 Å². The number of hydrogen-bond donors (Lipinski definition) is 1. The molecule has 2 fully saturated rings. The van der Waals surface area contributed by atoms with E-state index >= 15 is 0 Å². The lowest BCUT2D eigenvalue weighted by Crippen LogP contribution is -2.46. The number of aryl methyl sites for hydroxylation is 1. The quantitative estimate of drug-likeness (QED) is 0.720. The summed E-state index contributed by atoms with van der Waals surface area (Å²) in [6.45, 7) is 1.57. The molecule has 154 valence electrons. The smallest absolute Gasteiger partial charge is 0.323 e. The van der Waals surface area contributed by atoms with Gasteiger partial charge >= 0.3 is 6.03 Å². The summed E-state index contributed by atoms with van der Waals surface area (Å²) in [6.07, 6.45) is 9.47. The van der Waals surface area contributed by atoms with Crippen LogP contribution in [-0.4, -0.2) is 45.8 Å². The summed E-state index contributed by atoms with van der Waals surface area (Å²) in [7, 11) is 0. The van der Waals surface area contributed by atoms with Crippen molar-refractivity contribution in [1.82, 2.24) is 15.1 Å². The second-order valence-corrected chi connectivity index (χ2v) is 8.58. The second-order valence-electron chi connectivity index (χ2n) is 8.58. The van der Waals surface area contributed by atoms with Crippen LogP contribution in [0.3, 0.4) is 0 Å². The van der Waals surface area contributed by atoms with Gasteiger partial charge in [0, 0.05) is 11.7 Å². The molecule has 1 aliphatic heterocycles. The number of amides is 4. The Morgan fingerprint density at radius 2 is 1.97 bits per heavy atom. The zero-order valence-electron chi connectivity index (χ0n) is 17.0. The summed E-state index contributed by atoms with van der Waals surface area (Å²) >= 11 is 0. The molecule has 4 amide bonds. The number of allylic oxidation sites excluding steroid dienone is 2. The molecule has 0 unspecified atom stereocenters. The first-order valence-electron chi connectivity index (χ1n) is 10.7. The van der Waals surface area contributed by atoms with Gasteiger partial charge in [-0.25, -0.2) is 4.79 Å². The number of nitrogens with zero attached hydrogens (tertiary/aromatic N) is 2. The zero-order chi connectivity index (χ0) is 20.4. The molecule has 29 heavy (non-hydrogen) atoms. The topological polar surface area (TPSA) is 69.7 Å². The van der Waals surface area contributed by atoms with E-state index in [9.17, 15) is 14.4 Å². The number of benzene rings is 1. The van der Waals surface area contributed by atoms with Crippen LogP contribution < -0.4 is 5.32 Å². The summed E-state index contributed by atoms with van der Waals surface area (Å²) in [5.41, 5.74) is 1.22. The van der Waals surface area contributed by atoms with E-state index in [1.54, 1.807) is 6.92 Å². The summed E-state index contributed by atoms with van der Waals surface area (Å²) in [6, 6.07) is 9.67. The number of hydrogen-bond acceptors (Lipinski definition) is 3. The summed E-state index contributed by atoms with van der Waals surface area (Å²) in [5, 5.41) is 2.82. The average molecular weight is 396 g/mol. The SMILES string of the molecule is C[C@]1(CCc2ccccc2)NC(=O)N(CC(=O)N(C2=CCCCC2)C2CC2)C1=O. The van der Waals surface area contributed by atoms with E-state index in [0.717, 1.165) is 54.7 Å². The number of rotatable bonds is 7. The highest BCUT2D eigenvalue weighted by Crippen LogP contribution is 2.34. The molecular formula is C23H29N3O3. The molecule has 4 rings (SSSR count). The van der Waals surface area contributed by atoms with Crippen molar-refractivity contribution < 1.29 is 14.4 Å². The van der Waals surface area contributed by atoms with Crippen molar-refractivity contribution in [2.75, 3.05) is 6.54 Å². The van der Waals surface area contributed by atoms with Crippen molar-refractivity contribution >= 4 is 17.8 Å². The van der Waals surface area contributed by atoms with E-state index in [2.05, 4.69) is 11.4 Å². The number of nitrogens with one attached hydrogen (secondary N) is 1. The fourth-order valence-electron chi connectivity index (χ4n) is 4.28. The Morgan fingerprint density at radius 3 is 2.62 bits per heavy atom. The first kappa shape index (κ1) is 19.7. The second kappa shape index (κ2) is 8.01. The minimum absolute atomic E-state index is 0.142. The third kappa shape index (κ3) is 4.21. The molecule has 1 aromatic carbocycles. The maximum Gasteiger partial charge on any atom is 0.325 e. The zero-order valence-corrected chi connectivity index (χ0v) is 17.0. The van der Waals surface area contributed by atoms with E-state index in [-0.39, 0.29) is 24.4 Å². The molecule has 0 bridgehead atoms. The standard InChI is InChI=1S/C23H29N3O3/c1-23(15-14-17-8-4-2-5-9-17)21(28)25(22(29)24-23)16-20(27)26(19-12-13-19)18-10-6-3-7-11-18/h2,4-5,8-10,19H,3,6-7,11-16H2,1H3,(H,24,29)/t23-/m1/s1. The predicted octanol–water partition coefficient (Wildman–Crippen LogP) is 3.38. The molecule has 1 atom stereocenters. The van der Waals surface area contributed by atoms with Gasteiger partial charge < -0.3 is 10.2 Å². The third-order valence-electron chi connectivity index (χ3n) is 6.15. The Kier molecular flexibility index (Phi) is 5.43. The van der Waals surface area contributed by atoms with E-state index in [4.69, 9.17) is 0 Å². The van der Waals surface area contributed by atoms with Crippen LogP contribution in [0.25, 0.3) is 0 Å². The van der Waals surface area contributed by atoms with Crippen LogP contribution in [-0.2, 0) is 16.0 Å². The van der Waals surface area contributed by atoms with Gasteiger partial charge in [0.25, 0.3) is 5.91 Å². The van der Waals surface area contributed by atoms with Gasteiger partial charge in [0.2, 0.25) is 5.91 Å². The minimum Gasteiger partial charge on any atom is -0.323 e. The van der Waals surface area contributed by atoms with Crippen LogP contribution in [0.15, 0.2) is 42.1 Å². The minimum atomic E-state index is -0.971. The van der Waals surface area contributed by atoms with Crippen LogP contribution >= 0.6 is 0 Å². The van der Waals surface area contributed by atoms with E-state index in [1.165, 1.54) is 0 Å². The van der Waals surface area contributed by atoms with Crippen molar-refractivity contribution in [2.45, 2.75) is 69.9 Å². The maximum absolute atomic E-state index is 13.1. The Balaban J connectivity index is 1.43. The first-order valence-corrected chi connectivity index (χ1v) is 10.7. The van der Waals surface area contributed by atoms with Crippen molar-refractivity contribution in [3.05, 3.63) is 47.7 Å². The summed E-state index contributed by atoms with van der Waals surface area (Å²) in [4.78, 5) is 41.6. The fraction of sp³-hybridized carbons (Fsp3) is 0.522. The lowest BCUT2D eigenvalue weighted by molar-refractivity contribution is -0.138. The van der Waals surface area contributed by atoms with E-state index in [0.29, 0.717) is 12.8 Å². The molecule has 1 saturated carbocycles. The van der Waals surface area contributed by atoms with Crippen LogP contribution in [0.5, 0.6) is 0 Å². The van der Waals surface area contributed by atoms with Gasteiger partial charge in [0.05, 0.1) is 0 Å². The molecule has 0 spiro atoms. The van der Waals surface area contributed by atoms with Gasteiger partial charge in [-0.05, 0) is 63.9 Å². The highest BCUT2D eigenvalue weighted by molar-refractivity contribution is 6.08. The van der Waals surface area contributed by atoms with E-state index < -0.39 is 11.6 Å². The van der Waals surface area contributed by atoms with Gasteiger partial charge in [-0.2, -0.15) is 0 Å². The number of urea groups is 1. The van der Waals surface area contributed by atoms with Crippen LogP contribution in [0.4, 0.5) is 4.79 Å². The van der Waals surface area contributed by atoms with Crippen molar-refractivity contribution in [3.8, 4) is 0 Å². The monoisotopic (exact) mass is 395 g/mol. The van der Waals surface area contributed by atoms with Gasteiger partial charge in [0.1, 0.15) is 12.1 Å². The lowest BCUT2D eigenvalue weighted by atomic mass is 9.93. The number of carbonyl (C=O) groups is 3.